The summed E-state index contributed by atoms with van der Waals surface area (Å²) in [6, 6.07) is 0. The van der Waals surface area contributed by atoms with E-state index in [-0.39, 0.29) is 0 Å². The van der Waals surface area contributed by atoms with E-state index in [1.807, 2.05) is 36.9 Å². The second kappa shape index (κ2) is 3.50. The van der Waals surface area contributed by atoms with Gasteiger partial charge in [-0.3, -0.25) is 5.01 Å². The van der Waals surface area contributed by atoms with Gasteiger partial charge in [-0.1, -0.05) is 0 Å². The largest absolute Gasteiger partial charge is 0.340 e. The van der Waals surface area contributed by atoms with Crippen molar-refractivity contribution in [2.45, 2.75) is 6.54 Å². The fraction of sp³-hybridized carbons (Fsp3) is 0.571. The highest BCUT2D eigenvalue weighted by Gasteiger charge is 1.95. The highest BCUT2D eigenvalue weighted by Crippen LogP contribution is 1.92. The smallest absolute Gasteiger partial charge is 0.0947 e. The van der Waals surface area contributed by atoms with Crippen LogP contribution in [0.2, 0.25) is 0 Å². The topological polar surface area (TPSA) is 33.1 Å². The normalized spacial score (nSPS) is 10.9. The summed E-state index contributed by atoms with van der Waals surface area (Å²) in [6.45, 7) is 0.786. The van der Waals surface area contributed by atoms with Crippen LogP contribution >= 0.6 is 0 Å². The molecule has 1 rings (SSSR count). The molecular formula is C7H14N4. The Morgan fingerprint density at radius 1 is 1.64 bits per heavy atom. The third-order valence-electron chi connectivity index (χ3n) is 1.33. The summed E-state index contributed by atoms with van der Waals surface area (Å²) in [6.07, 6.45) is 3.79. The van der Waals surface area contributed by atoms with Crippen LogP contribution in [-0.2, 0) is 13.6 Å². The molecule has 0 bridgehead atoms. The summed E-state index contributed by atoms with van der Waals surface area (Å²) >= 11 is 0. The molecule has 0 saturated carbocycles. The van der Waals surface area contributed by atoms with Crippen LogP contribution < -0.4 is 5.43 Å². The number of aromatic nitrogens is 2. The van der Waals surface area contributed by atoms with Gasteiger partial charge in [0.1, 0.15) is 0 Å². The Bertz CT molecular complexity index is 216. The van der Waals surface area contributed by atoms with Gasteiger partial charge in [0.2, 0.25) is 0 Å². The van der Waals surface area contributed by atoms with Crippen LogP contribution in [0.15, 0.2) is 12.5 Å². The summed E-state index contributed by atoms with van der Waals surface area (Å²) in [7, 11) is 5.89. The van der Waals surface area contributed by atoms with Crippen LogP contribution in [0.4, 0.5) is 0 Å². The van der Waals surface area contributed by atoms with E-state index in [1.165, 1.54) is 0 Å². The molecule has 0 aliphatic rings. The fourth-order valence-corrected chi connectivity index (χ4v) is 0.797. The maximum absolute atomic E-state index is 4.16. The van der Waals surface area contributed by atoms with Gasteiger partial charge in [0, 0.05) is 27.3 Å². The first-order valence-electron chi connectivity index (χ1n) is 3.56. The van der Waals surface area contributed by atoms with Gasteiger partial charge in [0.15, 0.2) is 0 Å². The predicted molar refractivity (Wildman–Crippen MR) is 43.7 cm³/mol. The van der Waals surface area contributed by atoms with Gasteiger partial charge in [-0.25, -0.2) is 10.4 Å². The van der Waals surface area contributed by atoms with Gasteiger partial charge in [-0.2, -0.15) is 0 Å². The first-order chi connectivity index (χ1) is 5.18. The van der Waals surface area contributed by atoms with E-state index in [4.69, 9.17) is 0 Å². The van der Waals surface area contributed by atoms with Gasteiger partial charge in [-0.15, -0.1) is 0 Å². The van der Waals surface area contributed by atoms with Crippen molar-refractivity contribution in [2.24, 2.45) is 7.05 Å². The number of aryl methyl sites for hydroxylation is 1. The molecular weight excluding hydrogens is 140 g/mol. The minimum Gasteiger partial charge on any atom is -0.340 e. The molecule has 0 radical (unpaired) electrons. The molecule has 11 heavy (non-hydrogen) atoms. The highest BCUT2D eigenvalue weighted by molar-refractivity contribution is 4.94. The van der Waals surface area contributed by atoms with E-state index in [0.29, 0.717) is 0 Å². The Labute approximate surface area is 66.8 Å². The van der Waals surface area contributed by atoms with Crippen LogP contribution in [0.3, 0.4) is 0 Å². The van der Waals surface area contributed by atoms with Crippen molar-refractivity contribution in [3.8, 4) is 0 Å². The van der Waals surface area contributed by atoms with Gasteiger partial charge in [-0.05, 0) is 0 Å². The minimum atomic E-state index is 0.786. The molecule has 0 amide bonds. The van der Waals surface area contributed by atoms with E-state index < -0.39 is 0 Å². The zero-order valence-corrected chi connectivity index (χ0v) is 7.20. The Morgan fingerprint density at radius 3 is 2.82 bits per heavy atom. The van der Waals surface area contributed by atoms with Crippen LogP contribution in [0.5, 0.6) is 0 Å². The van der Waals surface area contributed by atoms with Crippen molar-refractivity contribution in [2.75, 3.05) is 14.1 Å². The molecule has 0 fully saturated rings. The van der Waals surface area contributed by atoms with Crippen molar-refractivity contribution < 1.29 is 0 Å². The maximum atomic E-state index is 4.16. The summed E-state index contributed by atoms with van der Waals surface area (Å²) in [5.41, 5.74) is 4.19. The van der Waals surface area contributed by atoms with Gasteiger partial charge in [0.05, 0.1) is 18.6 Å². The average molecular weight is 154 g/mol. The zero-order chi connectivity index (χ0) is 8.27. The number of imidazole rings is 1. The van der Waals surface area contributed by atoms with Crippen LogP contribution in [0, 0.1) is 0 Å². The molecule has 1 heterocycles. The molecule has 0 unspecified atom stereocenters. The third kappa shape index (κ3) is 2.69. The predicted octanol–water partition coefficient (Wildman–Crippen LogP) is -0.0137. The molecule has 0 saturated heterocycles. The van der Waals surface area contributed by atoms with Gasteiger partial charge >= 0.3 is 0 Å². The first-order valence-corrected chi connectivity index (χ1v) is 3.56. The van der Waals surface area contributed by atoms with E-state index in [2.05, 4.69) is 10.4 Å². The van der Waals surface area contributed by atoms with E-state index in [0.717, 1.165) is 12.2 Å². The van der Waals surface area contributed by atoms with Crippen LogP contribution in [-0.4, -0.2) is 28.7 Å². The van der Waals surface area contributed by atoms with Gasteiger partial charge in [0.25, 0.3) is 0 Å². The Balaban J connectivity index is 2.39. The molecule has 1 N–H and O–H groups in total. The molecule has 1 aromatic rings. The molecule has 0 spiro atoms. The Morgan fingerprint density at radius 2 is 2.36 bits per heavy atom. The standard InChI is InChI=1S/C7H14N4/c1-10(2)9-4-7-5-11(3)6-8-7/h5-6,9H,4H2,1-3H3. The van der Waals surface area contributed by atoms with E-state index in [9.17, 15) is 0 Å². The Hall–Kier alpha value is -0.870. The Kier molecular flexibility index (Phi) is 2.62. The second-order valence-corrected chi connectivity index (χ2v) is 2.76. The molecule has 4 nitrogen and oxygen atoms in total. The lowest BCUT2D eigenvalue weighted by Gasteiger charge is -2.09. The van der Waals surface area contributed by atoms with Crippen molar-refractivity contribution >= 4 is 0 Å². The molecule has 0 aromatic carbocycles. The third-order valence-corrected chi connectivity index (χ3v) is 1.33. The molecule has 4 heteroatoms. The lowest BCUT2D eigenvalue weighted by Crippen LogP contribution is -2.29. The fourth-order valence-electron chi connectivity index (χ4n) is 0.797. The summed E-state index contributed by atoms with van der Waals surface area (Å²) < 4.78 is 1.94. The quantitative estimate of drug-likeness (QED) is 0.621. The average Bonchev–Trinajstić information content (AvgIpc) is 2.31. The molecule has 0 aliphatic carbocycles. The monoisotopic (exact) mass is 154 g/mol. The number of hydrogen-bond donors (Lipinski definition) is 1. The van der Waals surface area contributed by atoms with Crippen molar-refractivity contribution in [3.05, 3.63) is 18.2 Å². The van der Waals surface area contributed by atoms with Gasteiger partial charge < -0.3 is 4.57 Å². The number of hydrazine groups is 1. The molecule has 0 aliphatic heterocycles. The van der Waals surface area contributed by atoms with Crippen LogP contribution in [0.1, 0.15) is 5.69 Å². The highest BCUT2D eigenvalue weighted by atomic mass is 15.5. The van der Waals surface area contributed by atoms with E-state index in [1.54, 1.807) is 6.33 Å². The lowest BCUT2D eigenvalue weighted by atomic mass is 10.5. The number of hydrogen-bond acceptors (Lipinski definition) is 3. The zero-order valence-electron chi connectivity index (χ0n) is 7.20. The molecule has 1 aromatic heterocycles. The van der Waals surface area contributed by atoms with E-state index >= 15 is 0 Å². The number of nitrogens with zero attached hydrogens (tertiary/aromatic N) is 3. The molecule has 0 atom stereocenters. The summed E-state index contributed by atoms with van der Waals surface area (Å²) in [5, 5.41) is 1.91. The van der Waals surface area contributed by atoms with Crippen molar-refractivity contribution in [3.63, 3.8) is 0 Å². The number of nitrogens with one attached hydrogen (secondary N) is 1. The van der Waals surface area contributed by atoms with Crippen molar-refractivity contribution in [1.82, 2.24) is 20.0 Å². The minimum absolute atomic E-state index is 0.786. The maximum Gasteiger partial charge on any atom is 0.0947 e. The van der Waals surface area contributed by atoms with Crippen LogP contribution in [0.25, 0.3) is 0 Å². The summed E-state index contributed by atoms with van der Waals surface area (Å²) in [4.78, 5) is 4.16. The van der Waals surface area contributed by atoms with Crippen molar-refractivity contribution in [1.29, 1.82) is 0 Å². The lowest BCUT2D eigenvalue weighted by molar-refractivity contribution is 0.284. The number of rotatable bonds is 3. The first kappa shape index (κ1) is 8.23. The second-order valence-electron chi connectivity index (χ2n) is 2.76. The SMILES string of the molecule is CN(C)NCc1cn(C)cn1. The molecule has 62 valence electrons. The summed E-state index contributed by atoms with van der Waals surface area (Å²) in [5.74, 6) is 0.